The summed E-state index contributed by atoms with van der Waals surface area (Å²) in [4.78, 5) is 2.56. The number of nitriles is 1. The highest BCUT2D eigenvalue weighted by molar-refractivity contribution is 5.40. The molecule has 0 aromatic heterocycles. The van der Waals surface area contributed by atoms with E-state index < -0.39 is 0 Å². The Morgan fingerprint density at radius 3 is 2.62 bits per heavy atom. The van der Waals surface area contributed by atoms with Crippen molar-refractivity contribution in [2.24, 2.45) is 5.92 Å². The minimum Gasteiger partial charge on any atom is -0.381 e. The molecule has 0 spiro atoms. The van der Waals surface area contributed by atoms with Gasteiger partial charge in [0.25, 0.3) is 0 Å². The summed E-state index contributed by atoms with van der Waals surface area (Å²) in [6.45, 7) is 5.89. The fraction of sp³-hybridized carbons (Fsp3) is 0.588. The second-order valence-electron chi connectivity index (χ2n) is 5.88. The molecule has 21 heavy (non-hydrogen) atoms. The molecule has 0 unspecified atom stereocenters. The van der Waals surface area contributed by atoms with Gasteiger partial charge in [0, 0.05) is 45.4 Å². The van der Waals surface area contributed by atoms with Crippen LogP contribution in [0.2, 0.25) is 0 Å². The number of hydrogen-bond donors (Lipinski definition) is 1. The lowest BCUT2D eigenvalue weighted by Crippen LogP contribution is -2.47. The second kappa shape index (κ2) is 7.04. The van der Waals surface area contributed by atoms with E-state index in [1.165, 1.54) is 5.56 Å². The molecule has 0 bridgehead atoms. The highest BCUT2D eigenvalue weighted by Crippen LogP contribution is 2.36. The molecule has 1 aromatic carbocycles. The summed E-state index contributed by atoms with van der Waals surface area (Å²) >= 11 is 0. The van der Waals surface area contributed by atoms with Crippen molar-refractivity contribution < 1.29 is 4.74 Å². The molecule has 2 aliphatic rings. The van der Waals surface area contributed by atoms with Gasteiger partial charge in [-0.1, -0.05) is 18.2 Å². The third kappa shape index (κ3) is 3.26. The molecule has 0 radical (unpaired) electrons. The van der Waals surface area contributed by atoms with E-state index >= 15 is 0 Å². The zero-order chi connectivity index (χ0) is 14.5. The first kappa shape index (κ1) is 14.5. The van der Waals surface area contributed by atoms with Gasteiger partial charge < -0.3 is 10.1 Å². The monoisotopic (exact) mass is 285 g/mol. The lowest BCUT2D eigenvalue weighted by Gasteiger charge is -2.41. The van der Waals surface area contributed by atoms with Crippen molar-refractivity contribution >= 4 is 0 Å². The SMILES string of the molecule is N#Cc1ccccc1[C@@H](C1CCOCC1)N1CCNCC1. The number of piperazine rings is 1. The Labute approximate surface area is 126 Å². The Morgan fingerprint density at radius 1 is 1.19 bits per heavy atom. The van der Waals surface area contributed by atoms with Gasteiger partial charge in [-0.05, 0) is 30.4 Å². The highest BCUT2D eigenvalue weighted by atomic mass is 16.5. The molecule has 1 N–H and O–H groups in total. The van der Waals surface area contributed by atoms with E-state index in [9.17, 15) is 5.26 Å². The lowest BCUT2D eigenvalue weighted by molar-refractivity contribution is 0.0212. The fourth-order valence-electron chi connectivity index (χ4n) is 3.60. The van der Waals surface area contributed by atoms with E-state index in [1.54, 1.807) is 0 Å². The summed E-state index contributed by atoms with van der Waals surface area (Å²) in [5.41, 5.74) is 2.03. The predicted octanol–water partition coefficient (Wildman–Crippen LogP) is 1.93. The maximum atomic E-state index is 9.46. The summed E-state index contributed by atoms with van der Waals surface area (Å²) < 4.78 is 5.53. The molecular weight excluding hydrogens is 262 g/mol. The number of nitrogens with one attached hydrogen (secondary N) is 1. The smallest absolute Gasteiger partial charge is 0.0995 e. The first-order chi connectivity index (χ1) is 10.4. The lowest BCUT2D eigenvalue weighted by atomic mass is 9.84. The zero-order valence-electron chi connectivity index (χ0n) is 12.4. The first-order valence-corrected chi connectivity index (χ1v) is 7.91. The molecular formula is C17H23N3O. The zero-order valence-corrected chi connectivity index (χ0v) is 12.4. The van der Waals surface area contributed by atoms with Crippen molar-refractivity contribution in [1.29, 1.82) is 5.26 Å². The number of benzene rings is 1. The van der Waals surface area contributed by atoms with E-state index in [-0.39, 0.29) is 0 Å². The van der Waals surface area contributed by atoms with E-state index in [0.717, 1.165) is 57.8 Å². The Hall–Kier alpha value is -1.41. The summed E-state index contributed by atoms with van der Waals surface area (Å²) in [5.74, 6) is 0.589. The third-order valence-electron chi connectivity index (χ3n) is 4.66. The van der Waals surface area contributed by atoms with E-state index in [0.29, 0.717) is 12.0 Å². The average Bonchev–Trinajstić information content (AvgIpc) is 2.58. The normalized spacial score (nSPS) is 22.6. The summed E-state index contributed by atoms with van der Waals surface area (Å²) in [7, 11) is 0. The van der Waals surface area contributed by atoms with E-state index in [1.807, 2.05) is 12.1 Å². The highest BCUT2D eigenvalue weighted by Gasteiger charge is 2.32. The van der Waals surface area contributed by atoms with Crippen molar-refractivity contribution in [1.82, 2.24) is 10.2 Å². The van der Waals surface area contributed by atoms with Crippen molar-refractivity contribution in [2.75, 3.05) is 39.4 Å². The Balaban J connectivity index is 1.92. The average molecular weight is 285 g/mol. The van der Waals surface area contributed by atoms with Crippen molar-refractivity contribution in [3.63, 3.8) is 0 Å². The van der Waals surface area contributed by atoms with Gasteiger partial charge >= 0.3 is 0 Å². The molecule has 4 nitrogen and oxygen atoms in total. The quantitative estimate of drug-likeness (QED) is 0.922. The molecule has 2 aliphatic heterocycles. The van der Waals surface area contributed by atoms with Gasteiger partial charge in [0.15, 0.2) is 0 Å². The summed E-state index contributed by atoms with van der Waals surface area (Å²) in [6, 6.07) is 10.8. The van der Waals surface area contributed by atoms with Gasteiger partial charge in [0.2, 0.25) is 0 Å². The molecule has 2 fully saturated rings. The Morgan fingerprint density at radius 2 is 1.90 bits per heavy atom. The minimum atomic E-state index is 0.354. The number of rotatable bonds is 3. The van der Waals surface area contributed by atoms with Crippen LogP contribution >= 0.6 is 0 Å². The van der Waals surface area contributed by atoms with E-state index in [2.05, 4.69) is 28.4 Å². The summed E-state index contributed by atoms with van der Waals surface area (Å²) in [6.07, 6.45) is 2.18. The topological polar surface area (TPSA) is 48.3 Å². The van der Waals surface area contributed by atoms with Crippen LogP contribution in [-0.4, -0.2) is 44.3 Å². The molecule has 1 atom stereocenters. The largest absolute Gasteiger partial charge is 0.381 e. The standard InChI is InChI=1S/C17H23N3O/c18-13-15-3-1-2-4-16(15)17(14-5-11-21-12-6-14)20-9-7-19-8-10-20/h1-4,14,17,19H,5-12H2/t17-/m1/s1. The molecule has 1 aromatic rings. The minimum absolute atomic E-state index is 0.354. The van der Waals surface area contributed by atoms with Gasteiger partial charge in [0.1, 0.15) is 0 Å². The van der Waals surface area contributed by atoms with Crippen LogP contribution in [-0.2, 0) is 4.74 Å². The molecule has 3 rings (SSSR count). The third-order valence-corrected chi connectivity index (χ3v) is 4.66. The van der Waals surface area contributed by atoms with Gasteiger partial charge in [-0.25, -0.2) is 0 Å². The van der Waals surface area contributed by atoms with Crippen LogP contribution in [0.3, 0.4) is 0 Å². The molecule has 0 amide bonds. The van der Waals surface area contributed by atoms with Crippen molar-refractivity contribution in [3.8, 4) is 6.07 Å². The van der Waals surface area contributed by atoms with Crippen LogP contribution in [0, 0.1) is 17.2 Å². The van der Waals surface area contributed by atoms with Crippen LogP contribution in [0.4, 0.5) is 0 Å². The van der Waals surface area contributed by atoms with E-state index in [4.69, 9.17) is 4.74 Å². The van der Waals surface area contributed by atoms with Gasteiger partial charge in [0.05, 0.1) is 11.6 Å². The van der Waals surface area contributed by atoms with Crippen LogP contribution in [0.25, 0.3) is 0 Å². The molecule has 2 heterocycles. The maximum absolute atomic E-state index is 9.46. The van der Waals surface area contributed by atoms with Crippen molar-refractivity contribution in [3.05, 3.63) is 35.4 Å². The Bertz CT molecular complexity index is 481. The number of hydrogen-bond acceptors (Lipinski definition) is 4. The van der Waals surface area contributed by atoms with Crippen LogP contribution < -0.4 is 5.32 Å². The van der Waals surface area contributed by atoms with Crippen LogP contribution in [0.1, 0.15) is 30.0 Å². The van der Waals surface area contributed by atoms with Gasteiger partial charge in [-0.15, -0.1) is 0 Å². The van der Waals surface area contributed by atoms with Crippen LogP contribution in [0.15, 0.2) is 24.3 Å². The van der Waals surface area contributed by atoms with Crippen LogP contribution in [0.5, 0.6) is 0 Å². The summed E-state index contributed by atoms with van der Waals surface area (Å²) in [5, 5.41) is 12.9. The molecule has 0 aliphatic carbocycles. The van der Waals surface area contributed by atoms with Gasteiger partial charge in [-0.2, -0.15) is 5.26 Å². The molecule has 2 saturated heterocycles. The number of nitrogens with zero attached hydrogens (tertiary/aromatic N) is 2. The fourth-order valence-corrected chi connectivity index (χ4v) is 3.60. The molecule has 112 valence electrons. The first-order valence-electron chi connectivity index (χ1n) is 7.91. The maximum Gasteiger partial charge on any atom is 0.0995 e. The number of ether oxygens (including phenoxy) is 1. The molecule has 4 heteroatoms. The second-order valence-corrected chi connectivity index (χ2v) is 5.88. The van der Waals surface area contributed by atoms with Crippen molar-refractivity contribution in [2.45, 2.75) is 18.9 Å². The Kier molecular flexibility index (Phi) is 4.87. The molecule has 0 saturated carbocycles. The predicted molar refractivity (Wildman–Crippen MR) is 81.9 cm³/mol. The van der Waals surface area contributed by atoms with Gasteiger partial charge in [-0.3, -0.25) is 4.90 Å².